The molecule has 3 N–H and O–H groups in total. The van der Waals surface area contributed by atoms with Gasteiger partial charge in [-0.2, -0.15) is 0 Å². The third-order valence-electron chi connectivity index (χ3n) is 2.95. The van der Waals surface area contributed by atoms with Crippen molar-refractivity contribution in [2.45, 2.75) is 33.2 Å². The second-order valence-electron chi connectivity index (χ2n) is 4.47. The molecule has 0 saturated carbocycles. The van der Waals surface area contributed by atoms with Crippen molar-refractivity contribution in [3.63, 3.8) is 0 Å². The van der Waals surface area contributed by atoms with Crippen LogP contribution in [0.25, 0.3) is 0 Å². The minimum absolute atomic E-state index is 0.0697. The molecule has 1 amide bonds. The van der Waals surface area contributed by atoms with Crippen LogP contribution in [-0.2, 0) is 9.53 Å². The molecule has 0 saturated heterocycles. The van der Waals surface area contributed by atoms with E-state index in [1.165, 1.54) is 0 Å². The van der Waals surface area contributed by atoms with Crippen LogP contribution in [0.2, 0.25) is 0 Å². The molecule has 0 heterocycles. The van der Waals surface area contributed by atoms with E-state index in [0.29, 0.717) is 16.8 Å². The molecule has 0 aliphatic rings. The number of nitrogens with one attached hydrogen (secondary N) is 1. The maximum absolute atomic E-state index is 11.8. The van der Waals surface area contributed by atoms with E-state index in [4.69, 9.17) is 10.5 Å². The van der Waals surface area contributed by atoms with Crippen LogP contribution in [0, 0.1) is 6.92 Å². The van der Waals surface area contributed by atoms with Crippen molar-refractivity contribution in [2.75, 3.05) is 12.3 Å². The molecule has 0 aliphatic carbocycles. The number of carbonyl (C=O) groups is 2. The Kier molecular flexibility index (Phi) is 5.36. The van der Waals surface area contributed by atoms with E-state index in [-0.39, 0.29) is 18.6 Å². The van der Waals surface area contributed by atoms with Crippen molar-refractivity contribution in [1.29, 1.82) is 0 Å². The maximum Gasteiger partial charge on any atom is 0.338 e. The molecular weight excluding hydrogens is 244 g/mol. The van der Waals surface area contributed by atoms with Gasteiger partial charge in [-0.25, -0.2) is 4.79 Å². The Bertz CT molecular complexity index is 472. The van der Waals surface area contributed by atoms with Gasteiger partial charge in [0.05, 0.1) is 5.56 Å². The standard InChI is InChI=1S/C14H20N2O3/c1-4-9(2)16-13(17)8-19-14(18)11-6-5-7-12(15)10(11)3/h5-7,9H,4,8,15H2,1-3H3,(H,16,17). The zero-order chi connectivity index (χ0) is 14.4. The smallest absolute Gasteiger partial charge is 0.338 e. The zero-order valence-corrected chi connectivity index (χ0v) is 11.5. The van der Waals surface area contributed by atoms with Crippen LogP contribution < -0.4 is 11.1 Å². The quantitative estimate of drug-likeness (QED) is 0.626. The molecule has 1 rings (SSSR count). The Morgan fingerprint density at radius 1 is 1.42 bits per heavy atom. The monoisotopic (exact) mass is 264 g/mol. The van der Waals surface area contributed by atoms with Gasteiger partial charge in [-0.05, 0) is 38.0 Å². The van der Waals surface area contributed by atoms with Gasteiger partial charge in [-0.3, -0.25) is 4.79 Å². The summed E-state index contributed by atoms with van der Waals surface area (Å²) in [6.45, 7) is 5.32. The lowest BCUT2D eigenvalue weighted by Gasteiger charge is -2.12. The van der Waals surface area contributed by atoms with Crippen LogP contribution >= 0.6 is 0 Å². The number of esters is 1. The van der Waals surface area contributed by atoms with Crippen LogP contribution in [0.15, 0.2) is 18.2 Å². The summed E-state index contributed by atoms with van der Waals surface area (Å²) in [5.41, 5.74) is 7.29. The van der Waals surface area contributed by atoms with Crippen LogP contribution in [0.4, 0.5) is 5.69 Å². The maximum atomic E-state index is 11.8. The Hall–Kier alpha value is -2.04. The van der Waals surface area contributed by atoms with Gasteiger partial charge < -0.3 is 15.8 Å². The fourth-order valence-corrected chi connectivity index (χ4v) is 1.50. The number of carbonyl (C=O) groups excluding carboxylic acids is 2. The Labute approximate surface area is 113 Å². The summed E-state index contributed by atoms with van der Waals surface area (Å²) in [5.74, 6) is -0.839. The summed E-state index contributed by atoms with van der Waals surface area (Å²) >= 11 is 0. The molecule has 19 heavy (non-hydrogen) atoms. The van der Waals surface area contributed by atoms with Crippen molar-refractivity contribution in [3.05, 3.63) is 29.3 Å². The zero-order valence-electron chi connectivity index (χ0n) is 11.5. The van der Waals surface area contributed by atoms with E-state index in [0.717, 1.165) is 6.42 Å². The van der Waals surface area contributed by atoms with E-state index in [1.807, 2.05) is 13.8 Å². The SMILES string of the molecule is CCC(C)NC(=O)COC(=O)c1cccc(N)c1C. The second kappa shape index (κ2) is 6.78. The summed E-state index contributed by atoms with van der Waals surface area (Å²) in [6.07, 6.45) is 0.827. The molecule has 0 radical (unpaired) electrons. The van der Waals surface area contributed by atoms with E-state index in [9.17, 15) is 9.59 Å². The van der Waals surface area contributed by atoms with Gasteiger partial charge in [0, 0.05) is 11.7 Å². The van der Waals surface area contributed by atoms with Crippen molar-refractivity contribution < 1.29 is 14.3 Å². The number of rotatable bonds is 5. The topological polar surface area (TPSA) is 81.4 Å². The van der Waals surface area contributed by atoms with Crippen molar-refractivity contribution in [2.24, 2.45) is 0 Å². The van der Waals surface area contributed by atoms with Gasteiger partial charge in [0.25, 0.3) is 5.91 Å². The van der Waals surface area contributed by atoms with Gasteiger partial charge in [0.15, 0.2) is 6.61 Å². The summed E-state index contributed by atoms with van der Waals surface area (Å²) < 4.78 is 4.96. The molecule has 1 atom stereocenters. The van der Waals surface area contributed by atoms with Crippen molar-refractivity contribution >= 4 is 17.6 Å². The molecule has 1 unspecified atom stereocenters. The van der Waals surface area contributed by atoms with Crippen molar-refractivity contribution in [3.8, 4) is 0 Å². The minimum Gasteiger partial charge on any atom is -0.452 e. The highest BCUT2D eigenvalue weighted by Crippen LogP contribution is 2.16. The summed E-state index contributed by atoms with van der Waals surface area (Å²) in [4.78, 5) is 23.3. The first-order valence-electron chi connectivity index (χ1n) is 6.27. The first-order chi connectivity index (χ1) is 8.95. The minimum atomic E-state index is -0.538. The lowest BCUT2D eigenvalue weighted by molar-refractivity contribution is -0.124. The second-order valence-corrected chi connectivity index (χ2v) is 4.47. The van der Waals surface area contributed by atoms with E-state index >= 15 is 0 Å². The first kappa shape index (κ1) is 15.0. The van der Waals surface area contributed by atoms with Crippen LogP contribution in [0.1, 0.15) is 36.2 Å². The number of anilines is 1. The molecule has 1 aromatic carbocycles. The summed E-state index contributed by atoms with van der Waals surface area (Å²) in [7, 11) is 0. The fraction of sp³-hybridized carbons (Fsp3) is 0.429. The predicted octanol–water partition coefficient (Wildman–Crippen LogP) is 1.65. The van der Waals surface area contributed by atoms with E-state index < -0.39 is 5.97 Å². The van der Waals surface area contributed by atoms with E-state index in [2.05, 4.69) is 5.32 Å². The number of hydrogen-bond donors (Lipinski definition) is 2. The Balaban J connectivity index is 2.56. The number of nitrogen functional groups attached to an aromatic ring is 1. The number of ether oxygens (including phenoxy) is 1. The summed E-state index contributed by atoms with van der Waals surface area (Å²) in [5, 5.41) is 2.72. The van der Waals surface area contributed by atoms with Crippen LogP contribution in [0.5, 0.6) is 0 Å². The lowest BCUT2D eigenvalue weighted by Crippen LogP contribution is -2.35. The molecule has 0 aliphatic heterocycles. The molecule has 0 aromatic heterocycles. The number of amides is 1. The highest BCUT2D eigenvalue weighted by molar-refractivity contribution is 5.94. The number of benzene rings is 1. The van der Waals surface area contributed by atoms with E-state index in [1.54, 1.807) is 25.1 Å². The molecule has 5 nitrogen and oxygen atoms in total. The molecule has 0 fully saturated rings. The highest BCUT2D eigenvalue weighted by atomic mass is 16.5. The first-order valence-corrected chi connectivity index (χ1v) is 6.27. The molecule has 1 aromatic rings. The fourth-order valence-electron chi connectivity index (χ4n) is 1.50. The Morgan fingerprint density at radius 3 is 2.74 bits per heavy atom. The van der Waals surface area contributed by atoms with Gasteiger partial charge in [0.1, 0.15) is 0 Å². The van der Waals surface area contributed by atoms with Gasteiger partial charge in [0.2, 0.25) is 0 Å². The Morgan fingerprint density at radius 2 is 2.11 bits per heavy atom. The van der Waals surface area contributed by atoms with Crippen LogP contribution in [-0.4, -0.2) is 24.5 Å². The predicted molar refractivity (Wildman–Crippen MR) is 73.8 cm³/mol. The average Bonchev–Trinajstić information content (AvgIpc) is 2.39. The molecule has 5 heteroatoms. The van der Waals surface area contributed by atoms with Gasteiger partial charge >= 0.3 is 5.97 Å². The lowest BCUT2D eigenvalue weighted by atomic mass is 10.1. The van der Waals surface area contributed by atoms with Gasteiger partial charge in [-0.1, -0.05) is 13.0 Å². The third-order valence-corrected chi connectivity index (χ3v) is 2.95. The van der Waals surface area contributed by atoms with Crippen LogP contribution in [0.3, 0.4) is 0 Å². The third kappa shape index (κ3) is 4.28. The molecule has 0 spiro atoms. The largest absolute Gasteiger partial charge is 0.452 e. The highest BCUT2D eigenvalue weighted by Gasteiger charge is 2.14. The van der Waals surface area contributed by atoms with Gasteiger partial charge in [-0.15, -0.1) is 0 Å². The average molecular weight is 264 g/mol. The summed E-state index contributed by atoms with van der Waals surface area (Å²) in [6, 6.07) is 5.08. The normalized spacial score (nSPS) is 11.7. The molecular formula is C14H20N2O3. The number of nitrogens with two attached hydrogens (primary N) is 1. The molecule has 0 bridgehead atoms. The molecule has 104 valence electrons. The van der Waals surface area contributed by atoms with Crippen molar-refractivity contribution in [1.82, 2.24) is 5.32 Å². The number of hydrogen-bond acceptors (Lipinski definition) is 4.